The van der Waals surface area contributed by atoms with Gasteiger partial charge in [-0.2, -0.15) is 0 Å². The summed E-state index contributed by atoms with van der Waals surface area (Å²) in [5, 5.41) is 12.2. The zero-order valence-electron chi connectivity index (χ0n) is 10.3. The molecular weight excluding hydrogens is 268 g/mol. The molecule has 1 aromatic rings. The molecule has 1 unspecified atom stereocenters. The van der Waals surface area contributed by atoms with Crippen molar-refractivity contribution in [3.63, 3.8) is 0 Å². The van der Waals surface area contributed by atoms with Crippen molar-refractivity contribution >= 4 is 21.4 Å². The standard InChI is InChI=1S/C12H16N2O4S/c13-10-1-2-11(15)9(5-10)6-14-12(16)8-3-4-19(17,18)7-8/h1-2,5,8,15H,3-4,6-7,13H2,(H,14,16). The Morgan fingerprint density at radius 1 is 1.47 bits per heavy atom. The van der Waals surface area contributed by atoms with Gasteiger partial charge in [-0.1, -0.05) is 0 Å². The van der Waals surface area contributed by atoms with Crippen molar-refractivity contribution < 1.29 is 18.3 Å². The molecule has 1 amide bonds. The Morgan fingerprint density at radius 2 is 2.21 bits per heavy atom. The van der Waals surface area contributed by atoms with Crippen LogP contribution in [0.1, 0.15) is 12.0 Å². The number of nitrogens with one attached hydrogen (secondary N) is 1. The third-order valence-electron chi connectivity index (χ3n) is 3.16. The Hall–Kier alpha value is -1.76. The lowest BCUT2D eigenvalue weighted by Crippen LogP contribution is -2.30. The second kappa shape index (κ2) is 5.08. The highest BCUT2D eigenvalue weighted by molar-refractivity contribution is 7.91. The van der Waals surface area contributed by atoms with Gasteiger partial charge in [0.15, 0.2) is 9.84 Å². The summed E-state index contributed by atoms with van der Waals surface area (Å²) < 4.78 is 22.6. The molecule has 0 spiro atoms. The number of nitrogens with two attached hydrogens (primary N) is 1. The van der Waals surface area contributed by atoms with E-state index in [1.54, 1.807) is 12.1 Å². The van der Waals surface area contributed by atoms with Crippen LogP contribution in [0.25, 0.3) is 0 Å². The van der Waals surface area contributed by atoms with Gasteiger partial charge in [-0.15, -0.1) is 0 Å². The molecule has 1 fully saturated rings. The van der Waals surface area contributed by atoms with Crippen molar-refractivity contribution in [1.82, 2.24) is 5.32 Å². The van der Waals surface area contributed by atoms with E-state index in [1.165, 1.54) is 6.07 Å². The van der Waals surface area contributed by atoms with Crippen LogP contribution in [0.2, 0.25) is 0 Å². The van der Waals surface area contributed by atoms with Crippen LogP contribution in [-0.4, -0.2) is 30.9 Å². The Balaban J connectivity index is 1.96. The minimum atomic E-state index is -3.07. The quantitative estimate of drug-likeness (QED) is 0.535. The van der Waals surface area contributed by atoms with Gasteiger partial charge in [-0.3, -0.25) is 4.79 Å². The van der Waals surface area contributed by atoms with E-state index in [2.05, 4.69) is 5.32 Å². The van der Waals surface area contributed by atoms with Crippen LogP contribution in [-0.2, 0) is 21.2 Å². The molecule has 0 aliphatic carbocycles. The summed E-state index contributed by atoms with van der Waals surface area (Å²) in [5.41, 5.74) is 6.59. The molecule has 1 aliphatic heterocycles. The van der Waals surface area contributed by atoms with Crippen LogP contribution >= 0.6 is 0 Å². The fourth-order valence-electron chi connectivity index (χ4n) is 2.08. The number of carbonyl (C=O) groups is 1. The van der Waals surface area contributed by atoms with Crippen molar-refractivity contribution in [1.29, 1.82) is 0 Å². The van der Waals surface area contributed by atoms with Crippen LogP contribution < -0.4 is 11.1 Å². The number of sulfone groups is 1. The molecule has 1 aliphatic rings. The summed E-state index contributed by atoms with van der Waals surface area (Å²) in [4.78, 5) is 11.8. The highest BCUT2D eigenvalue weighted by atomic mass is 32.2. The first-order valence-corrected chi connectivity index (χ1v) is 7.75. The first kappa shape index (κ1) is 13.7. The van der Waals surface area contributed by atoms with E-state index in [0.717, 1.165) is 0 Å². The molecule has 7 heteroatoms. The minimum Gasteiger partial charge on any atom is -0.508 e. The molecule has 1 saturated heterocycles. The molecule has 4 N–H and O–H groups in total. The van der Waals surface area contributed by atoms with Gasteiger partial charge in [0.05, 0.1) is 17.4 Å². The zero-order valence-corrected chi connectivity index (χ0v) is 11.1. The third-order valence-corrected chi connectivity index (χ3v) is 4.93. The van der Waals surface area contributed by atoms with Gasteiger partial charge >= 0.3 is 0 Å². The molecule has 2 rings (SSSR count). The van der Waals surface area contributed by atoms with Crippen molar-refractivity contribution in [2.24, 2.45) is 5.92 Å². The molecule has 0 radical (unpaired) electrons. The average molecular weight is 284 g/mol. The molecule has 19 heavy (non-hydrogen) atoms. The molecule has 0 saturated carbocycles. The van der Waals surface area contributed by atoms with Crippen molar-refractivity contribution in [3.05, 3.63) is 23.8 Å². The van der Waals surface area contributed by atoms with E-state index in [1.807, 2.05) is 0 Å². The number of aromatic hydroxyl groups is 1. The maximum Gasteiger partial charge on any atom is 0.224 e. The Morgan fingerprint density at radius 3 is 2.84 bits per heavy atom. The van der Waals surface area contributed by atoms with E-state index in [9.17, 15) is 18.3 Å². The Bertz CT molecular complexity index is 598. The summed E-state index contributed by atoms with van der Waals surface area (Å²) in [6.07, 6.45) is 0.358. The largest absolute Gasteiger partial charge is 0.508 e. The molecule has 0 bridgehead atoms. The number of amides is 1. The lowest BCUT2D eigenvalue weighted by atomic mass is 10.1. The van der Waals surface area contributed by atoms with E-state index in [0.29, 0.717) is 17.7 Å². The average Bonchev–Trinajstić information content (AvgIpc) is 2.70. The first-order chi connectivity index (χ1) is 8.87. The molecule has 6 nitrogen and oxygen atoms in total. The van der Waals surface area contributed by atoms with Crippen molar-refractivity contribution in [2.45, 2.75) is 13.0 Å². The summed E-state index contributed by atoms with van der Waals surface area (Å²) in [6, 6.07) is 4.59. The van der Waals surface area contributed by atoms with Gasteiger partial charge in [0.25, 0.3) is 0 Å². The van der Waals surface area contributed by atoms with E-state index in [-0.39, 0.29) is 29.7 Å². The maximum atomic E-state index is 11.8. The van der Waals surface area contributed by atoms with Crippen LogP contribution in [0.4, 0.5) is 5.69 Å². The highest BCUT2D eigenvalue weighted by Gasteiger charge is 2.32. The molecule has 1 atom stereocenters. The van der Waals surface area contributed by atoms with Crippen LogP contribution in [0, 0.1) is 5.92 Å². The van der Waals surface area contributed by atoms with E-state index in [4.69, 9.17) is 5.73 Å². The van der Waals surface area contributed by atoms with Gasteiger partial charge in [-0.25, -0.2) is 8.42 Å². The molecule has 1 heterocycles. The summed E-state index contributed by atoms with van der Waals surface area (Å²) in [6.45, 7) is 0.131. The third kappa shape index (κ3) is 3.37. The van der Waals surface area contributed by atoms with Gasteiger partial charge in [0, 0.05) is 17.8 Å². The van der Waals surface area contributed by atoms with Crippen LogP contribution in [0.15, 0.2) is 18.2 Å². The van der Waals surface area contributed by atoms with Crippen molar-refractivity contribution in [3.8, 4) is 5.75 Å². The van der Waals surface area contributed by atoms with E-state index >= 15 is 0 Å². The topological polar surface area (TPSA) is 109 Å². The van der Waals surface area contributed by atoms with Crippen LogP contribution in [0.3, 0.4) is 0 Å². The number of phenols is 1. The predicted octanol–water partition coefficient (Wildman–Crippen LogP) is 0.0253. The number of hydrogen-bond donors (Lipinski definition) is 3. The predicted molar refractivity (Wildman–Crippen MR) is 71.1 cm³/mol. The summed E-state index contributed by atoms with van der Waals surface area (Å²) in [5.74, 6) is -0.777. The Labute approximate surface area is 111 Å². The second-order valence-electron chi connectivity index (χ2n) is 4.71. The summed E-state index contributed by atoms with van der Waals surface area (Å²) >= 11 is 0. The molecular formula is C12H16N2O4S. The van der Waals surface area contributed by atoms with Gasteiger partial charge in [0.2, 0.25) is 5.91 Å². The number of phenolic OH excluding ortho intramolecular Hbond substituents is 1. The Kier molecular flexibility index (Phi) is 3.66. The highest BCUT2D eigenvalue weighted by Crippen LogP contribution is 2.21. The number of benzene rings is 1. The monoisotopic (exact) mass is 284 g/mol. The van der Waals surface area contributed by atoms with Gasteiger partial charge in [0.1, 0.15) is 5.75 Å². The zero-order chi connectivity index (χ0) is 14.0. The maximum absolute atomic E-state index is 11.8. The lowest BCUT2D eigenvalue weighted by Gasteiger charge is -2.11. The normalized spacial score (nSPS) is 21.2. The van der Waals surface area contributed by atoms with E-state index < -0.39 is 15.8 Å². The summed E-state index contributed by atoms with van der Waals surface area (Å²) in [7, 11) is -3.07. The van der Waals surface area contributed by atoms with Crippen LogP contribution in [0.5, 0.6) is 5.75 Å². The number of rotatable bonds is 3. The van der Waals surface area contributed by atoms with Gasteiger partial charge < -0.3 is 16.2 Å². The SMILES string of the molecule is Nc1ccc(O)c(CNC(=O)C2CCS(=O)(=O)C2)c1. The number of anilines is 1. The smallest absolute Gasteiger partial charge is 0.224 e. The molecule has 0 aromatic heterocycles. The number of hydrogen-bond acceptors (Lipinski definition) is 5. The molecule has 104 valence electrons. The number of carbonyl (C=O) groups excluding carboxylic acids is 1. The first-order valence-electron chi connectivity index (χ1n) is 5.93. The second-order valence-corrected chi connectivity index (χ2v) is 6.93. The number of nitrogen functional groups attached to an aromatic ring is 1. The van der Waals surface area contributed by atoms with Crippen molar-refractivity contribution in [2.75, 3.05) is 17.2 Å². The lowest BCUT2D eigenvalue weighted by molar-refractivity contribution is -0.124. The fourth-order valence-corrected chi connectivity index (χ4v) is 3.82. The van der Waals surface area contributed by atoms with Gasteiger partial charge in [-0.05, 0) is 24.6 Å². The minimum absolute atomic E-state index is 0.0496. The molecule has 1 aromatic carbocycles. The fraction of sp³-hybridized carbons (Fsp3) is 0.417.